The number of anilines is 1. The van der Waals surface area contributed by atoms with Crippen molar-refractivity contribution >= 4 is 17.3 Å². The van der Waals surface area contributed by atoms with Gasteiger partial charge in [0.05, 0.1) is 11.4 Å². The Morgan fingerprint density at radius 3 is 2.43 bits per heavy atom. The normalized spacial score (nSPS) is 17.8. The lowest BCUT2D eigenvalue weighted by Gasteiger charge is -2.15. The van der Waals surface area contributed by atoms with Crippen LogP contribution in [-0.4, -0.2) is 17.7 Å². The molecule has 0 N–H and O–H groups in total. The highest BCUT2D eigenvalue weighted by Crippen LogP contribution is 2.23. The molecular weight excluding hydrogens is 271 g/mol. The first-order valence-corrected chi connectivity index (χ1v) is 6.51. The first-order chi connectivity index (χ1) is 10.1. The number of ether oxygens (including phenoxy) is 1. The molecule has 0 saturated heterocycles. The number of hydrazone groups is 1. The van der Waals surface area contributed by atoms with Gasteiger partial charge in [0.25, 0.3) is 5.91 Å². The van der Waals surface area contributed by atoms with Crippen LogP contribution < -0.4 is 9.75 Å². The molecule has 1 aliphatic rings. The van der Waals surface area contributed by atoms with E-state index >= 15 is 0 Å². The van der Waals surface area contributed by atoms with Crippen molar-refractivity contribution in [1.29, 1.82) is 0 Å². The van der Waals surface area contributed by atoms with E-state index in [2.05, 4.69) is 5.10 Å². The number of nitrogens with zero attached hydrogens (tertiary/aromatic N) is 2. The molecule has 1 unspecified atom stereocenters. The summed E-state index contributed by atoms with van der Waals surface area (Å²) >= 11 is 0. The molecule has 3 rings (SSSR count). The van der Waals surface area contributed by atoms with Gasteiger partial charge in [-0.2, -0.15) is 10.1 Å². The highest BCUT2D eigenvalue weighted by Gasteiger charge is 2.36. The topological polar surface area (TPSA) is 41.9 Å². The van der Waals surface area contributed by atoms with Crippen molar-refractivity contribution in [2.75, 3.05) is 5.01 Å². The second-order valence-corrected chi connectivity index (χ2v) is 4.68. The van der Waals surface area contributed by atoms with E-state index in [-0.39, 0.29) is 11.7 Å². The molecule has 0 aliphatic carbocycles. The summed E-state index contributed by atoms with van der Waals surface area (Å²) in [5, 5.41) is 5.44. The highest BCUT2D eigenvalue weighted by atomic mass is 19.1. The van der Waals surface area contributed by atoms with E-state index in [0.29, 0.717) is 17.1 Å². The van der Waals surface area contributed by atoms with Crippen LogP contribution in [0, 0.1) is 5.82 Å². The summed E-state index contributed by atoms with van der Waals surface area (Å²) in [7, 11) is 0. The van der Waals surface area contributed by atoms with Crippen molar-refractivity contribution in [1.82, 2.24) is 0 Å². The fourth-order valence-electron chi connectivity index (χ4n) is 2.09. The van der Waals surface area contributed by atoms with Gasteiger partial charge in [-0.25, -0.2) is 4.39 Å². The molecule has 0 radical (unpaired) electrons. The van der Waals surface area contributed by atoms with Crippen LogP contribution in [0.5, 0.6) is 5.75 Å². The molecule has 2 aromatic carbocycles. The molecule has 1 amide bonds. The molecule has 1 aliphatic heterocycles. The van der Waals surface area contributed by atoms with Gasteiger partial charge in [-0.3, -0.25) is 4.79 Å². The Morgan fingerprint density at radius 1 is 1.10 bits per heavy atom. The van der Waals surface area contributed by atoms with Crippen LogP contribution in [-0.2, 0) is 4.79 Å². The van der Waals surface area contributed by atoms with Gasteiger partial charge in [0, 0.05) is 0 Å². The van der Waals surface area contributed by atoms with E-state index in [1.165, 1.54) is 29.3 Å². The van der Waals surface area contributed by atoms with Gasteiger partial charge in [-0.1, -0.05) is 18.2 Å². The van der Waals surface area contributed by atoms with Crippen LogP contribution in [0.2, 0.25) is 0 Å². The fraction of sp³-hybridized carbons (Fsp3) is 0.125. The van der Waals surface area contributed by atoms with Gasteiger partial charge in [0.15, 0.2) is 0 Å². The minimum absolute atomic E-state index is 0.289. The van der Waals surface area contributed by atoms with Gasteiger partial charge in [0.2, 0.25) is 6.10 Å². The lowest BCUT2D eigenvalue weighted by molar-refractivity contribution is -0.121. The number of hydrogen-bond donors (Lipinski definition) is 0. The Hall–Kier alpha value is -2.69. The Labute approximate surface area is 121 Å². The minimum atomic E-state index is -0.752. The van der Waals surface area contributed by atoms with Crippen molar-refractivity contribution in [2.45, 2.75) is 13.0 Å². The third-order valence-electron chi connectivity index (χ3n) is 3.14. The Bertz CT molecular complexity index is 683. The van der Waals surface area contributed by atoms with Crippen LogP contribution in [0.1, 0.15) is 6.92 Å². The summed E-state index contributed by atoms with van der Waals surface area (Å²) in [6.45, 7) is 1.73. The SMILES string of the molecule is CC1=NN(c2ccc(F)cc2)C(=O)C1Oc1ccccc1. The monoisotopic (exact) mass is 284 g/mol. The van der Waals surface area contributed by atoms with Crippen molar-refractivity contribution in [3.05, 3.63) is 60.4 Å². The standard InChI is InChI=1S/C16H13FN2O2/c1-11-15(21-14-5-3-2-4-6-14)16(20)19(18-11)13-9-7-12(17)8-10-13/h2-10,15H,1H3. The maximum absolute atomic E-state index is 12.9. The number of benzene rings is 2. The lowest BCUT2D eigenvalue weighted by atomic mass is 10.2. The first-order valence-electron chi connectivity index (χ1n) is 6.51. The smallest absolute Gasteiger partial charge is 0.294 e. The number of halogens is 1. The lowest BCUT2D eigenvalue weighted by Crippen LogP contribution is -2.35. The van der Waals surface area contributed by atoms with Crippen LogP contribution in [0.3, 0.4) is 0 Å². The quantitative estimate of drug-likeness (QED) is 0.869. The number of hydrogen-bond acceptors (Lipinski definition) is 3. The van der Waals surface area contributed by atoms with E-state index in [4.69, 9.17) is 4.74 Å². The first kappa shape index (κ1) is 13.3. The second-order valence-electron chi connectivity index (χ2n) is 4.68. The van der Waals surface area contributed by atoms with Crippen LogP contribution in [0.25, 0.3) is 0 Å². The van der Waals surface area contributed by atoms with Crippen LogP contribution in [0.15, 0.2) is 59.7 Å². The molecule has 0 saturated carbocycles. The van der Waals surface area contributed by atoms with E-state index in [1.807, 2.05) is 18.2 Å². The third-order valence-corrected chi connectivity index (χ3v) is 3.14. The zero-order valence-electron chi connectivity index (χ0n) is 11.4. The average Bonchev–Trinajstić information content (AvgIpc) is 2.77. The predicted octanol–water partition coefficient (Wildman–Crippen LogP) is 3.00. The minimum Gasteiger partial charge on any atom is -0.474 e. The van der Waals surface area contributed by atoms with Gasteiger partial charge in [-0.05, 0) is 43.3 Å². The van der Waals surface area contributed by atoms with Crippen molar-refractivity contribution < 1.29 is 13.9 Å². The maximum atomic E-state index is 12.9. The zero-order chi connectivity index (χ0) is 14.8. The molecule has 5 heteroatoms. The Morgan fingerprint density at radius 2 is 1.76 bits per heavy atom. The van der Waals surface area contributed by atoms with Crippen molar-refractivity contribution in [2.24, 2.45) is 5.10 Å². The summed E-state index contributed by atoms with van der Waals surface area (Å²) in [5.74, 6) is -0.0440. The molecule has 21 heavy (non-hydrogen) atoms. The zero-order valence-corrected chi connectivity index (χ0v) is 11.4. The second kappa shape index (κ2) is 5.36. The van der Waals surface area contributed by atoms with Gasteiger partial charge < -0.3 is 4.74 Å². The van der Waals surface area contributed by atoms with Crippen LogP contribution in [0.4, 0.5) is 10.1 Å². The molecule has 2 aromatic rings. The van der Waals surface area contributed by atoms with E-state index < -0.39 is 6.10 Å². The molecule has 106 valence electrons. The van der Waals surface area contributed by atoms with E-state index in [1.54, 1.807) is 19.1 Å². The van der Waals surface area contributed by atoms with Gasteiger partial charge >= 0.3 is 0 Å². The number of rotatable bonds is 3. The largest absolute Gasteiger partial charge is 0.474 e. The number of carbonyl (C=O) groups is 1. The maximum Gasteiger partial charge on any atom is 0.294 e. The molecule has 1 heterocycles. The van der Waals surface area contributed by atoms with Gasteiger partial charge in [0.1, 0.15) is 11.6 Å². The third kappa shape index (κ3) is 2.63. The average molecular weight is 284 g/mol. The summed E-state index contributed by atoms with van der Waals surface area (Å²) in [5.41, 5.74) is 1.08. The number of amides is 1. The Kier molecular flexibility index (Phi) is 3.39. The van der Waals surface area contributed by atoms with Gasteiger partial charge in [-0.15, -0.1) is 0 Å². The number of carbonyl (C=O) groups excluding carboxylic acids is 1. The summed E-state index contributed by atoms with van der Waals surface area (Å²) in [6, 6.07) is 14.7. The Balaban J connectivity index is 1.82. The van der Waals surface area contributed by atoms with Crippen molar-refractivity contribution in [3.63, 3.8) is 0 Å². The van der Waals surface area contributed by atoms with Crippen LogP contribution >= 0.6 is 0 Å². The molecule has 0 bridgehead atoms. The molecule has 4 nitrogen and oxygen atoms in total. The summed E-state index contributed by atoms with van der Waals surface area (Å²) in [6.07, 6.45) is -0.752. The summed E-state index contributed by atoms with van der Waals surface area (Å²) in [4.78, 5) is 12.4. The summed E-state index contributed by atoms with van der Waals surface area (Å²) < 4.78 is 18.6. The van der Waals surface area contributed by atoms with Crippen molar-refractivity contribution in [3.8, 4) is 5.75 Å². The molecular formula is C16H13FN2O2. The molecule has 0 aromatic heterocycles. The molecule has 0 fully saturated rings. The fourth-order valence-corrected chi connectivity index (χ4v) is 2.09. The predicted molar refractivity (Wildman–Crippen MR) is 77.9 cm³/mol. The number of para-hydroxylation sites is 1. The van der Waals surface area contributed by atoms with E-state index in [9.17, 15) is 9.18 Å². The molecule has 0 spiro atoms. The molecule has 1 atom stereocenters. The highest BCUT2D eigenvalue weighted by molar-refractivity contribution is 6.17. The van der Waals surface area contributed by atoms with E-state index in [0.717, 1.165) is 0 Å².